The fourth-order valence-electron chi connectivity index (χ4n) is 2.92. The van der Waals surface area contributed by atoms with Crippen LogP contribution in [0.25, 0.3) is 10.8 Å². The van der Waals surface area contributed by atoms with Crippen molar-refractivity contribution < 1.29 is 19.0 Å². The number of nitrogens with one attached hydrogen (secondary N) is 1. The summed E-state index contributed by atoms with van der Waals surface area (Å²) in [6.07, 6.45) is 0. The molecule has 1 fully saturated rings. The third kappa shape index (κ3) is 4.42. The van der Waals surface area contributed by atoms with Gasteiger partial charge in [-0.2, -0.15) is 0 Å². The second-order valence-electron chi connectivity index (χ2n) is 8.35. The van der Waals surface area contributed by atoms with Crippen LogP contribution in [0.4, 0.5) is 5.69 Å². The van der Waals surface area contributed by atoms with Crippen LogP contribution in [0.5, 0.6) is 5.75 Å². The molecule has 5 heteroatoms. The van der Waals surface area contributed by atoms with Crippen LogP contribution in [-0.2, 0) is 14.3 Å². The first kappa shape index (κ1) is 19.6. The van der Waals surface area contributed by atoms with E-state index in [-0.39, 0.29) is 5.91 Å². The van der Waals surface area contributed by atoms with Crippen molar-refractivity contribution >= 4 is 22.4 Å². The lowest BCUT2D eigenvalue weighted by molar-refractivity contribution is -0.276. The molecule has 1 aliphatic rings. The van der Waals surface area contributed by atoms with Crippen LogP contribution < -0.4 is 10.1 Å². The van der Waals surface area contributed by atoms with Gasteiger partial charge in [-0.3, -0.25) is 4.79 Å². The van der Waals surface area contributed by atoms with Crippen LogP contribution in [-0.4, -0.2) is 31.5 Å². The predicted octanol–water partition coefficient (Wildman–Crippen LogP) is 4.60. The molecule has 27 heavy (non-hydrogen) atoms. The van der Waals surface area contributed by atoms with Gasteiger partial charge in [0.15, 0.2) is 5.79 Å². The average molecular weight is 371 g/mol. The van der Waals surface area contributed by atoms with E-state index in [1.54, 1.807) is 0 Å². The molecule has 0 unspecified atom stereocenters. The Morgan fingerprint density at radius 3 is 2.33 bits per heavy atom. The molecule has 1 heterocycles. The van der Waals surface area contributed by atoms with Gasteiger partial charge in [-0.15, -0.1) is 0 Å². The summed E-state index contributed by atoms with van der Waals surface area (Å²) < 4.78 is 17.3. The number of ether oxygens (including phenoxy) is 3. The highest BCUT2D eigenvalue weighted by molar-refractivity contribution is 6.05. The number of carbonyl (C=O) groups excluding carboxylic acids is 1. The average Bonchev–Trinajstić information content (AvgIpc) is 2.63. The molecule has 0 radical (unpaired) electrons. The van der Waals surface area contributed by atoms with Gasteiger partial charge in [-0.05, 0) is 38.8 Å². The third-order valence-electron chi connectivity index (χ3n) is 4.73. The number of carbonyl (C=O) groups is 1. The Balaban J connectivity index is 1.83. The van der Waals surface area contributed by atoms with Crippen molar-refractivity contribution in [2.75, 3.05) is 25.1 Å². The highest BCUT2D eigenvalue weighted by Crippen LogP contribution is 2.34. The summed E-state index contributed by atoms with van der Waals surface area (Å²) in [5.74, 6) is 0.509. The Hall–Kier alpha value is -2.11. The van der Waals surface area contributed by atoms with E-state index >= 15 is 0 Å². The maximum Gasteiger partial charge on any atom is 0.235 e. The van der Waals surface area contributed by atoms with E-state index in [2.05, 4.69) is 19.2 Å². The number of amides is 1. The minimum atomic E-state index is -0.733. The molecule has 0 aromatic heterocycles. The van der Waals surface area contributed by atoms with E-state index in [0.29, 0.717) is 25.7 Å². The second kappa shape index (κ2) is 7.49. The van der Waals surface area contributed by atoms with Crippen LogP contribution in [0, 0.1) is 11.3 Å². The maximum atomic E-state index is 12.9. The summed E-state index contributed by atoms with van der Waals surface area (Å²) in [5.41, 5.74) is 0.0299. The number of anilines is 1. The lowest BCUT2D eigenvalue weighted by atomic mass is 9.90. The summed E-state index contributed by atoms with van der Waals surface area (Å²) in [4.78, 5) is 12.9. The van der Waals surface area contributed by atoms with Crippen LogP contribution in [0.2, 0.25) is 0 Å². The smallest absolute Gasteiger partial charge is 0.235 e. The molecular weight excluding hydrogens is 342 g/mol. The molecule has 0 saturated carbocycles. The maximum absolute atomic E-state index is 12.9. The molecule has 2 aromatic carbocycles. The minimum Gasteiger partial charge on any atom is -0.493 e. The van der Waals surface area contributed by atoms with Gasteiger partial charge < -0.3 is 19.5 Å². The molecule has 146 valence electrons. The van der Waals surface area contributed by atoms with E-state index < -0.39 is 11.2 Å². The van der Waals surface area contributed by atoms with E-state index in [1.165, 1.54) is 0 Å². The Morgan fingerprint density at radius 2 is 1.70 bits per heavy atom. The SMILES string of the molecule is CC(C)COc1ccc(NC(=O)C2(C)COC(C)(C)OC2)c2ccccc12. The van der Waals surface area contributed by atoms with Gasteiger partial charge in [0.1, 0.15) is 5.75 Å². The number of benzene rings is 2. The molecule has 0 atom stereocenters. The molecule has 2 aromatic rings. The molecule has 1 N–H and O–H groups in total. The number of hydrogen-bond acceptors (Lipinski definition) is 4. The molecule has 1 aliphatic heterocycles. The number of rotatable bonds is 5. The standard InChI is InChI=1S/C22H29NO4/c1-15(2)12-25-19-11-10-18(16-8-6-7-9-17(16)19)23-20(24)22(5)13-26-21(3,4)27-14-22/h6-11,15H,12-14H2,1-5H3,(H,23,24). The van der Waals surface area contributed by atoms with Crippen molar-refractivity contribution in [2.24, 2.45) is 11.3 Å². The minimum absolute atomic E-state index is 0.112. The zero-order valence-corrected chi connectivity index (χ0v) is 16.8. The molecule has 1 saturated heterocycles. The van der Waals surface area contributed by atoms with Crippen LogP contribution >= 0.6 is 0 Å². The van der Waals surface area contributed by atoms with Crippen LogP contribution in [0.15, 0.2) is 36.4 Å². The zero-order chi connectivity index (χ0) is 19.7. The lowest BCUT2D eigenvalue weighted by Crippen LogP contribution is -2.50. The number of fused-ring (bicyclic) bond motifs is 1. The van der Waals surface area contributed by atoms with Crippen LogP contribution in [0.3, 0.4) is 0 Å². The van der Waals surface area contributed by atoms with Gasteiger partial charge in [-0.25, -0.2) is 0 Å². The van der Waals surface area contributed by atoms with Crippen molar-refractivity contribution in [1.29, 1.82) is 0 Å². The Kier molecular flexibility index (Phi) is 5.45. The fourth-order valence-corrected chi connectivity index (χ4v) is 2.92. The summed E-state index contributed by atoms with van der Waals surface area (Å²) >= 11 is 0. The molecule has 5 nitrogen and oxygen atoms in total. The number of hydrogen-bond donors (Lipinski definition) is 1. The highest BCUT2D eigenvalue weighted by Gasteiger charge is 2.42. The van der Waals surface area contributed by atoms with Crippen molar-refractivity contribution in [1.82, 2.24) is 0 Å². The van der Waals surface area contributed by atoms with E-state index in [0.717, 1.165) is 22.2 Å². The second-order valence-corrected chi connectivity index (χ2v) is 8.35. The van der Waals surface area contributed by atoms with E-state index in [4.69, 9.17) is 14.2 Å². The van der Waals surface area contributed by atoms with Crippen molar-refractivity contribution in [3.8, 4) is 5.75 Å². The lowest BCUT2D eigenvalue weighted by Gasteiger charge is -2.40. The summed E-state index contributed by atoms with van der Waals surface area (Å²) in [5, 5.41) is 5.00. The largest absolute Gasteiger partial charge is 0.493 e. The molecule has 0 bridgehead atoms. The Labute approximate surface area is 161 Å². The fraction of sp³-hybridized carbons (Fsp3) is 0.500. The topological polar surface area (TPSA) is 56.8 Å². The Bertz CT molecular complexity index is 818. The third-order valence-corrected chi connectivity index (χ3v) is 4.73. The summed E-state index contributed by atoms with van der Waals surface area (Å²) in [6.45, 7) is 11.1. The van der Waals surface area contributed by atoms with Gasteiger partial charge in [-0.1, -0.05) is 38.1 Å². The zero-order valence-electron chi connectivity index (χ0n) is 16.8. The van der Waals surface area contributed by atoms with Gasteiger partial charge in [0.25, 0.3) is 0 Å². The molecule has 0 aliphatic carbocycles. The first-order valence-corrected chi connectivity index (χ1v) is 9.44. The van der Waals surface area contributed by atoms with Crippen molar-refractivity contribution in [3.05, 3.63) is 36.4 Å². The molecule has 1 amide bonds. The normalized spacial score (nSPS) is 18.4. The highest BCUT2D eigenvalue weighted by atomic mass is 16.7. The van der Waals surface area contributed by atoms with Gasteiger partial charge in [0.05, 0.1) is 25.2 Å². The quantitative estimate of drug-likeness (QED) is 0.834. The van der Waals surface area contributed by atoms with Gasteiger partial charge in [0.2, 0.25) is 5.91 Å². The predicted molar refractivity (Wildman–Crippen MR) is 107 cm³/mol. The van der Waals surface area contributed by atoms with Gasteiger partial charge in [0, 0.05) is 16.5 Å². The van der Waals surface area contributed by atoms with E-state index in [9.17, 15) is 4.79 Å². The summed E-state index contributed by atoms with van der Waals surface area (Å²) in [7, 11) is 0. The Morgan fingerprint density at radius 1 is 1.07 bits per heavy atom. The molecular formula is C22H29NO4. The first-order valence-electron chi connectivity index (χ1n) is 9.44. The molecule has 3 rings (SSSR count). The van der Waals surface area contributed by atoms with Crippen molar-refractivity contribution in [2.45, 2.75) is 40.4 Å². The van der Waals surface area contributed by atoms with Crippen molar-refractivity contribution in [3.63, 3.8) is 0 Å². The monoisotopic (exact) mass is 371 g/mol. The van der Waals surface area contributed by atoms with E-state index in [1.807, 2.05) is 57.2 Å². The molecule has 0 spiro atoms. The summed E-state index contributed by atoms with van der Waals surface area (Å²) in [6, 6.07) is 11.8. The van der Waals surface area contributed by atoms with Gasteiger partial charge >= 0.3 is 0 Å². The first-order chi connectivity index (χ1) is 12.7. The van der Waals surface area contributed by atoms with Crippen LogP contribution in [0.1, 0.15) is 34.6 Å².